The quantitative estimate of drug-likeness (QED) is 0.521. The zero-order valence-corrected chi connectivity index (χ0v) is 9.66. The number of nitrogens with zero attached hydrogens (tertiary/aromatic N) is 2. The minimum absolute atomic E-state index is 0.652. The lowest BCUT2D eigenvalue weighted by molar-refractivity contribution is 0.303. The molecule has 0 radical (unpaired) electrons. The van der Waals surface area contributed by atoms with Gasteiger partial charge in [0.2, 0.25) is 0 Å². The van der Waals surface area contributed by atoms with Crippen molar-refractivity contribution in [2.75, 3.05) is 17.3 Å². The smallest absolute Gasteiger partial charge is 0.145 e. The molecule has 0 aromatic carbocycles. The van der Waals surface area contributed by atoms with Crippen molar-refractivity contribution in [2.45, 2.75) is 32.6 Å². The molecule has 0 bridgehead atoms. The van der Waals surface area contributed by atoms with Gasteiger partial charge in [0.25, 0.3) is 0 Å². The molecule has 1 fully saturated rings. The summed E-state index contributed by atoms with van der Waals surface area (Å²) in [5.74, 6) is 8.47. The molecule has 1 aliphatic carbocycles. The van der Waals surface area contributed by atoms with Gasteiger partial charge in [0, 0.05) is 12.6 Å². The van der Waals surface area contributed by atoms with Gasteiger partial charge in [-0.3, -0.25) is 0 Å². The summed E-state index contributed by atoms with van der Waals surface area (Å²) in [7, 11) is 0. The Labute approximate surface area is 95.8 Å². The molecule has 1 aliphatic rings. The average Bonchev–Trinajstić information content (AvgIpc) is 2.21. The summed E-state index contributed by atoms with van der Waals surface area (Å²) >= 11 is 0. The Morgan fingerprint density at radius 1 is 1.38 bits per heavy atom. The summed E-state index contributed by atoms with van der Waals surface area (Å²) in [6.45, 7) is 2.84. The van der Waals surface area contributed by atoms with E-state index in [0.717, 1.165) is 24.1 Å². The van der Waals surface area contributed by atoms with E-state index in [2.05, 4.69) is 20.7 Å². The van der Waals surface area contributed by atoms with E-state index >= 15 is 0 Å². The van der Waals surface area contributed by atoms with Gasteiger partial charge < -0.3 is 10.7 Å². The molecule has 4 N–H and O–H groups in total. The predicted octanol–water partition coefficient (Wildman–Crippen LogP) is 1.67. The first-order chi connectivity index (χ1) is 7.78. The number of anilines is 2. The maximum Gasteiger partial charge on any atom is 0.145 e. The van der Waals surface area contributed by atoms with Crippen LogP contribution in [-0.2, 0) is 0 Å². The first-order valence-electron chi connectivity index (χ1n) is 5.84. The summed E-state index contributed by atoms with van der Waals surface area (Å²) in [6, 6.07) is 1.83. The minimum Gasteiger partial charge on any atom is -0.370 e. The number of rotatable bonds is 5. The normalized spacial score (nSPS) is 15.6. The maximum atomic E-state index is 5.33. The number of nitrogens with two attached hydrogens (primary N) is 1. The van der Waals surface area contributed by atoms with E-state index in [0.29, 0.717) is 5.82 Å². The predicted molar refractivity (Wildman–Crippen MR) is 65.0 cm³/mol. The number of hydrogen-bond acceptors (Lipinski definition) is 5. The molecule has 88 valence electrons. The number of hydrogen-bond donors (Lipinski definition) is 3. The van der Waals surface area contributed by atoms with Gasteiger partial charge in [-0.25, -0.2) is 15.8 Å². The van der Waals surface area contributed by atoms with E-state index in [1.807, 2.05) is 13.0 Å². The van der Waals surface area contributed by atoms with Gasteiger partial charge in [0.15, 0.2) is 0 Å². The third kappa shape index (κ3) is 2.82. The molecule has 16 heavy (non-hydrogen) atoms. The van der Waals surface area contributed by atoms with Gasteiger partial charge in [-0.2, -0.15) is 0 Å². The molecule has 1 saturated carbocycles. The van der Waals surface area contributed by atoms with Crippen molar-refractivity contribution in [1.29, 1.82) is 0 Å². The third-order valence-corrected chi connectivity index (χ3v) is 3.07. The van der Waals surface area contributed by atoms with E-state index < -0.39 is 0 Å². The van der Waals surface area contributed by atoms with Gasteiger partial charge in [-0.15, -0.1) is 0 Å². The summed E-state index contributed by atoms with van der Waals surface area (Å²) in [6.07, 6.45) is 5.41. The molecule has 0 saturated heterocycles. The van der Waals surface area contributed by atoms with E-state index in [4.69, 9.17) is 5.84 Å². The van der Waals surface area contributed by atoms with Crippen molar-refractivity contribution in [3.8, 4) is 0 Å². The van der Waals surface area contributed by atoms with Crippen LogP contribution in [0.5, 0.6) is 0 Å². The van der Waals surface area contributed by atoms with Crippen molar-refractivity contribution in [3.63, 3.8) is 0 Å². The van der Waals surface area contributed by atoms with E-state index in [-0.39, 0.29) is 0 Å². The fraction of sp³-hybridized carbons (Fsp3) is 0.636. The largest absolute Gasteiger partial charge is 0.370 e. The van der Waals surface area contributed by atoms with Crippen molar-refractivity contribution >= 4 is 11.6 Å². The molecule has 0 atom stereocenters. The molecule has 5 nitrogen and oxygen atoms in total. The molecular weight excluding hydrogens is 202 g/mol. The van der Waals surface area contributed by atoms with Crippen LogP contribution < -0.4 is 16.6 Å². The molecule has 5 heteroatoms. The van der Waals surface area contributed by atoms with Crippen LogP contribution in [-0.4, -0.2) is 16.5 Å². The van der Waals surface area contributed by atoms with Gasteiger partial charge in [-0.1, -0.05) is 19.3 Å². The lowest BCUT2D eigenvalue weighted by Gasteiger charge is -2.25. The van der Waals surface area contributed by atoms with Crippen LogP contribution in [0.25, 0.3) is 0 Å². The van der Waals surface area contributed by atoms with E-state index in [1.54, 1.807) is 0 Å². The molecule has 0 spiro atoms. The van der Waals surface area contributed by atoms with Crippen molar-refractivity contribution < 1.29 is 0 Å². The average molecular weight is 221 g/mol. The third-order valence-electron chi connectivity index (χ3n) is 3.07. The summed E-state index contributed by atoms with van der Waals surface area (Å²) < 4.78 is 0. The van der Waals surface area contributed by atoms with E-state index in [9.17, 15) is 0 Å². The van der Waals surface area contributed by atoms with Crippen molar-refractivity contribution in [3.05, 3.63) is 11.9 Å². The molecule has 1 heterocycles. The van der Waals surface area contributed by atoms with Crippen LogP contribution >= 0.6 is 0 Å². The van der Waals surface area contributed by atoms with Gasteiger partial charge in [0.05, 0.1) is 0 Å². The fourth-order valence-corrected chi connectivity index (χ4v) is 1.92. The topological polar surface area (TPSA) is 75.9 Å². The monoisotopic (exact) mass is 221 g/mol. The zero-order valence-electron chi connectivity index (χ0n) is 9.66. The van der Waals surface area contributed by atoms with Gasteiger partial charge in [-0.05, 0) is 19.3 Å². The highest BCUT2D eigenvalue weighted by atomic mass is 15.3. The van der Waals surface area contributed by atoms with Gasteiger partial charge in [0.1, 0.15) is 17.5 Å². The highest BCUT2D eigenvalue weighted by molar-refractivity contribution is 5.46. The highest BCUT2D eigenvalue weighted by Crippen LogP contribution is 2.29. The van der Waals surface area contributed by atoms with Crippen LogP contribution in [0.15, 0.2) is 6.07 Å². The Morgan fingerprint density at radius 3 is 2.75 bits per heavy atom. The summed E-state index contributed by atoms with van der Waals surface area (Å²) in [5, 5.41) is 3.31. The SMILES string of the molecule is Cc1nc(NN)cc(NCCC2CCC2)n1. The molecule has 2 rings (SSSR count). The van der Waals surface area contributed by atoms with Crippen molar-refractivity contribution in [1.82, 2.24) is 9.97 Å². The molecule has 0 aliphatic heterocycles. The molecular formula is C11H19N5. The zero-order chi connectivity index (χ0) is 11.4. The molecule has 1 aromatic heterocycles. The molecule has 0 amide bonds. The highest BCUT2D eigenvalue weighted by Gasteiger charge is 2.16. The Bertz CT molecular complexity index is 348. The van der Waals surface area contributed by atoms with Gasteiger partial charge >= 0.3 is 0 Å². The Morgan fingerprint density at radius 2 is 2.12 bits per heavy atom. The van der Waals surface area contributed by atoms with E-state index in [1.165, 1.54) is 25.7 Å². The minimum atomic E-state index is 0.652. The number of hydrazine groups is 1. The maximum absolute atomic E-state index is 5.33. The molecule has 1 aromatic rings. The Hall–Kier alpha value is -1.36. The summed E-state index contributed by atoms with van der Waals surface area (Å²) in [5.41, 5.74) is 2.54. The second-order valence-electron chi connectivity index (χ2n) is 4.34. The van der Waals surface area contributed by atoms with Crippen LogP contribution in [0.1, 0.15) is 31.5 Å². The lowest BCUT2D eigenvalue weighted by atomic mass is 9.83. The summed E-state index contributed by atoms with van der Waals surface area (Å²) in [4.78, 5) is 8.44. The number of nitrogens with one attached hydrogen (secondary N) is 2. The fourth-order valence-electron chi connectivity index (χ4n) is 1.92. The number of aromatic nitrogens is 2. The second-order valence-corrected chi connectivity index (χ2v) is 4.34. The number of aryl methyl sites for hydroxylation is 1. The lowest BCUT2D eigenvalue weighted by Crippen LogP contribution is -2.16. The van der Waals surface area contributed by atoms with Crippen LogP contribution in [0.4, 0.5) is 11.6 Å². The first kappa shape index (κ1) is 11.1. The van der Waals surface area contributed by atoms with Crippen LogP contribution in [0.2, 0.25) is 0 Å². The Kier molecular flexibility index (Phi) is 3.56. The first-order valence-corrected chi connectivity index (χ1v) is 5.84. The van der Waals surface area contributed by atoms with Crippen LogP contribution in [0, 0.1) is 12.8 Å². The second kappa shape index (κ2) is 5.12. The standard InChI is InChI=1S/C11H19N5/c1-8-14-10(7-11(15-8)16-12)13-6-5-9-3-2-4-9/h7,9H,2-6,12H2,1H3,(H2,13,14,15,16). The number of nitrogen functional groups attached to an aromatic ring is 1. The van der Waals surface area contributed by atoms with Crippen molar-refractivity contribution in [2.24, 2.45) is 11.8 Å². The molecule has 0 unspecified atom stereocenters. The van der Waals surface area contributed by atoms with Crippen LogP contribution in [0.3, 0.4) is 0 Å². The Balaban J connectivity index is 1.84.